The molecule has 0 aromatic heterocycles. The first-order valence-corrected chi connectivity index (χ1v) is 16.9. The van der Waals surface area contributed by atoms with Crippen molar-refractivity contribution in [2.45, 2.75) is 60.5 Å². The fourth-order valence-corrected chi connectivity index (χ4v) is 9.62. The molecule has 6 rings (SSSR count). The molecular formula is C33H42N4O3S. The molecule has 2 saturated heterocycles. The lowest BCUT2D eigenvalue weighted by Gasteiger charge is -2.48. The highest BCUT2D eigenvalue weighted by Crippen LogP contribution is 2.52. The van der Waals surface area contributed by atoms with Gasteiger partial charge in [0.2, 0.25) is 5.91 Å². The Bertz CT molecular complexity index is 1370. The van der Waals surface area contributed by atoms with Crippen LogP contribution in [-0.2, 0) is 20.0 Å². The number of carbonyl (C=O) groups excluding carboxylic acids is 1. The molecule has 7 nitrogen and oxygen atoms in total. The predicted molar refractivity (Wildman–Crippen MR) is 160 cm³/mol. The molecule has 2 aliphatic heterocycles. The second-order valence-corrected chi connectivity index (χ2v) is 14.9. The summed E-state index contributed by atoms with van der Waals surface area (Å²) in [4.78, 5) is 18.2. The van der Waals surface area contributed by atoms with Crippen molar-refractivity contribution in [2.75, 3.05) is 44.7 Å². The molecule has 8 heteroatoms. The van der Waals surface area contributed by atoms with Crippen molar-refractivity contribution in [3.63, 3.8) is 0 Å². The highest BCUT2D eigenvalue weighted by Gasteiger charge is 2.53. The number of hydrogen-bond donors (Lipinski definition) is 1. The van der Waals surface area contributed by atoms with Gasteiger partial charge in [-0.15, -0.1) is 0 Å². The molecule has 2 saturated carbocycles. The fourth-order valence-electron chi connectivity index (χ4n) is 7.96. The fraction of sp³-hybridized carbons (Fsp3) is 0.576. The van der Waals surface area contributed by atoms with Gasteiger partial charge in [0.25, 0.3) is 0 Å². The Balaban J connectivity index is 1.08. The van der Waals surface area contributed by atoms with Crippen molar-refractivity contribution in [2.24, 2.45) is 23.7 Å². The van der Waals surface area contributed by atoms with Crippen LogP contribution in [0.4, 0.5) is 5.69 Å². The monoisotopic (exact) mass is 574 g/mol. The molecule has 2 heterocycles. The van der Waals surface area contributed by atoms with Gasteiger partial charge in [0.1, 0.15) is 0 Å². The number of carbonyl (C=O) groups is 1. The van der Waals surface area contributed by atoms with E-state index in [9.17, 15) is 18.5 Å². The second-order valence-electron chi connectivity index (χ2n) is 12.7. The number of amides is 1. The van der Waals surface area contributed by atoms with Gasteiger partial charge in [0.05, 0.1) is 21.6 Å². The number of anilines is 1. The first kappa shape index (κ1) is 28.2. The maximum atomic E-state index is 12.9. The Morgan fingerprint density at radius 1 is 0.976 bits per heavy atom. The Kier molecular flexibility index (Phi) is 7.86. The Morgan fingerprint density at radius 3 is 2.27 bits per heavy atom. The van der Waals surface area contributed by atoms with E-state index >= 15 is 0 Å². The topological polar surface area (TPSA) is 93.5 Å². The molecule has 1 amide bonds. The van der Waals surface area contributed by atoms with Crippen LogP contribution in [0.5, 0.6) is 0 Å². The zero-order valence-electron chi connectivity index (χ0n) is 24.0. The lowest BCUT2D eigenvalue weighted by atomic mass is 9.58. The molecule has 1 N–H and O–H groups in total. The van der Waals surface area contributed by atoms with E-state index in [1.54, 1.807) is 19.2 Å². The van der Waals surface area contributed by atoms with Gasteiger partial charge < -0.3 is 15.1 Å². The van der Waals surface area contributed by atoms with E-state index in [4.69, 9.17) is 0 Å². The highest BCUT2D eigenvalue weighted by atomic mass is 32.2. The lowest BCUT2D eigenvalue weighted by Crippen LogP contribution is -2.54. The first-order chi connectivity index (χ1) is 19.9. The van der Waals surface area contributed by atoms with E-state index in [-0.39, 0.29) is 28.9 Å². The quantitative estimate of drug-likeness (QED) is 0.478. The molecule has 2 aromatic carbocycles. The SMILES string of the molecule is CNC(=O)C1CCCC1C(C#N)(c1ccccc1)C1CCN(CC2CN(c3ccc(S(=O)(=O)C4CC4)cc3)C2)CC1. The number of piperidine rings is 1. The van der Waals surface area contributed by atoms with Crippen LogP contribution in [0.2, 0.25) is 0 Å². The maximum absolute atomic E-state index is 12.9. The largest absolute Gasteiger partial charge is 0.371 e. The number of rotatable bonds is 9. The van der Waals surface area contributed by atoms with Crippen molar-refractivity contribution in [3.8, 4) is 6.07 Å². The van der Waals surface area contributed by atoms with E-state index in [1.165, 1.54) is 0 Å². The van der Waals surface area contributed by atoms with Crippen LogP contribution in [0.25, 0.3) is 0 Å². The summed E-state index contributed by atoms with van der Waals surface area (Å²) >= 11 is 0. The molecule has 4 fully saturated rings. The van der Waals surface area contributed by atoms with E-state index in [1.807, 2.05) is 30.3 Å². The van der Waals surface area contributed by atoms with Gasteiger partial charge in [-0.25, -0.2) is 8.42 Å². The van der Waals surface area contributed by atoms with Gasteiger partial charge in [-0.05, 0) is 93.3 Å². The minimum absolute atomic E-state index is 0.0391. The summed E-state index contributed by atoms with van der Waals surface area (Å²) in [6.45, 7) is 4.96. The number of benzene rings is 2. The Morgan fingerprint density at radius 2 is 1.66 bits per heavy atom. The van der Waals surface area contributed by atoms with Crippen LogP contribution in [0.3, 0.4) is 0 Å². The number of nitrogens with zero attached hydrogens (tertiary/aromatic N) is 3. The zero-order chi connectivity index (χ0) is 28.6. The molecule has 3 unspecified atom stereocenters. The van der Waals surface area contributed by atoms with E-state index in [2.05, 4.69) is 33.3 Å². The molecule has 218 valence electrons. The van der Waals surface area contributed by atoms with Gasteiger partial charge in [-0.1, -0.05) is 36.8 Å². The first-order valence-electron chi connectivity index (χ1n) is 15.4. The van der Waals surface area contributed by atoms with Crippen LogP contribution in [0, 0.1) is 35.0 Å². The van der Waals surface area contributed by atoms with Crippen molar-refractivity contribution < 1.29 is 13.2 Å². The number of likely N-dealkylation sites (tertiary alicyclic amines) is 1. The van der Waals surface area contributed by atoms with Crippen LogP contribution < -0.4 is 10.2 Å². The number of nitrogens with one attached hydrogen (secondary N) is 1. The minimum Gasteiger partial charge on any atom is -0.371 e. The van der Waals surface area contributed by atoms with Crippen LogP contribution in [0.1, 0.15) is 50.5 Å². The van der Waals surface area contributed by atoms with Crippen molar-refractivity contribution >= 4 is 21.4 Å². The average Bonchev–Trinajstić information content (AvgIpc) is 3.75. The minimum atomic E-state index is -3.14. The third-order valence-electron chi connectivity index (χ3n) is 10.3. The van der Waals surface area contributed by atoms with Gasteiger partial charge in [-0.2, -0.15) is 5.26 Å². The summed E-state index contributed by atoms with van der Waals surface area (Å²) in [5.41, 5.74) is 1.53. The molecule has 0 bridgehead atoms. The number of hydrogen-bond acceptors (Lipinski definition) is 6. The van der Waals surface area contributed by atoms with Crippen LogP contribution in [0.15, 0.2) is 59.5 Å². The molecule has 41 heavy (non-hydrogen) atoms. The van der Waals surface area contributed by atoms with Crippen molar-refractivity contribution in [1.29, 1.82) is 5.26 Å². The summed E-state index contributed by atoms with van der Waals surface area (Å²) in [6.07, 6.45) is 6.28. The van der Waals surface area contributed by atoms with Gasteiger partial charge in [0.15, 0.2) is 9.84 Å². The Hall–Kier alpha value is -2.89. The van der Waals surface area contributed by atoms with E-state index in [0.29, 0.717) is 10.8 Å². The van der Waals surface area contributed by atoms with E-state index < -0.39 is 15.3 Å². The molecular weight excluding hydrogens is 532 g/mol. The summed E-state index contributed by atoms with van der Waals surface area (Å²) in [5.74, 6) is 0.821. The maximum Gasteiger partial charge on any atom is 0.223 e. The number of sulfone groups is 1. The average molecular weight is 575 g/mol. The molecule has 2 aromatic rings. The third-order valence-corrected chi connectivity index (χ3v) is 12.6. The zero-order valence-corrected chi connectivity index (χ0v) is 24.9. The summed E-state index contributed by atoms with van der Waals surface area (Å²) in [6, 6.07) is 20.6. The molecule has 2 aliphatic carbocycles. The van der Waals surface area contributed by atoms with Gasteiger partial charge in [-0.3, -0.25) is 4.79 Å². The highest BCUT2D eigenvalue weighted by molar-refractivity contribution is 7.92. The van der Waals surface area contributed by atoms with Gasteiger partial charge >= 0.3 is 0 Å². The standard InChI is InChI=1S/C33H42N4O3S/c1-35-32(38)30-8-5-9-31(30)33(23-34,25-6-3-2-4-7-25)26-16-18-36(19-17-26)20-24-21-37(22-24)27-10-12-28(13-11-27)41(39,40)29-14-15-29/h2-4,6-7,10-13,24,26,29-31H,5,8-9,14-22H2,1H3,(H,35,38). The molecule has 0 radical (unpaired) electrons. The lowest BCUT2D eigenvalue weighted by molar-refractivity contribution is -0.126. The molecule has 0 spiro atoms. The smallest absolute Gasteiger partial charge is 0.223 e. The van der Waals surface area contributed by atoms with E-state index in [0.717, 1.165) is 88.9 Å². The predicted octanol–water partition coefficient (Wildman–Crippen LogP) is 4.39. The van der Waals surface area contributed by atoms with Gasteiger partial charge in [0, 0.05) is 44.2 Å². The number of nitriles is 1. The summed E-state index contributed by atoms with van der Waals surface area (Å²) in [7, 11) is -1.43. The Labute approximate surface area is 244 Å². The third kappa shape index (κ3) is 5.28. The van der Waals surface area contributed by atoms with Crippen molar-refractivity contribution in [1.82, 2.24) is 10.2 Å². The second kappa shape index (κ2) is 11.4. The summed E-state index contributed by atoms with van der Waals surface area (Å²) < 4.78 is 25.0. The normalized spacial score (nSPS) is 25.7. The van der Waals surface area contributed by atoms with Crippen LogP contribution >= 0.6 is 0 Å². The molecule has 4 aliphatic rings. The van der Waals surface area contributed by atoms with Crippen LogP contribution in [-0.4, -0.2) is 64.2 Å². The summed E-state index contributed by atoms with van der Waals surface area (Å²) in [5, 5.41) is 13.6. The molecule has 3 atom stereocenters. The van der Waals surface area contributed by atoms with Crippen molar-refractivity contribution in [3.05, 3.63) is 60.2 Å².